The Kier molecular flexibility index (Phi) is 6.52. The number of rotatable bonds is 6. The molecule has 1 unspecified atom stereocenters. The van der Waals surface area contributed by atoms with Crippen molar-refractivity contribution in [2.24, 2.45) is 5.14 Å². The smallest absolute Gasteiger partial charge is 0.313 e. The van der Waals surface area contributed by atoms with E-state index in [1.807, 2.05) is 0 Å². The molecule has 0 radical (unpaired) electrons. The van der Waals surface area contributed by atoms with Crippen LogP contribution >= 0.6 is 0 Å². The largest absolute Gasteiger partial charge is 0.417 e. The number of aromatic nitrogens is 4. The summed E-state index contributed by atoms with van der Waals surface area (Å²) >= 11 is 0. The fraction of sp³-hybridized carbons (Fsp3) is 0.632. The van der Waals surface area contributed by atoms with Crippen LogP contribution in [-0.4, -0.2) is 54.2 Å². The maximum atomic E-state index is 13.6. The van der Waals surface area contributed by atoms with Gasteiger partial charge in [-0.1, -0.05) is 6.07 Å². The van der Waals surface area contributed by atoms with E-state index >= 15 is 0 Å². The highest BCUT2D eigenvalue weighted by atomic mass is 32.2. The highest BCUT2D eigenvalue weighted by Crippen LogP contribution is 2.44. The Labute approximate surface area is 183 Å². The summed E-state index contributed by atoms with van der Waals surface area (Å²) in [4.78, 5) is -0.992. The molecule has 32 heavy (non-hydrogen) atoms. The van der Waals surface area contributed by atoms with Crippen molar-refractivity contribution in [2.75, 3.05) is 13.1 Å². The van der Waals surface area contributed by atoms with E-state index in [0.717, 1.165) is 38.4 Å². The van der Waals surface area contributed by atoms with Crippen LogP contribution in [0.15, 0.2) is 17.0 Å². The number of sulfonamides is 1. The Morgan fingerprint density at radius 1 is 1.16 bits per heavy atom. The lowest BCUT2D eigenvalue weighted by Crippen LogP contribution is -2.41. The molecule has 9 nitrogen and oxygen atoms in total. The van der Waals surface area contributed by atoms with Crippen molar-refractivity contribution in [1.82, 2.24) is 31.3 Å². The summed E-state index contributed by atoms with van der Waals surface area (Å²) < 4.78 is 65.5. The van der Waals surface area contributed by atoms with Crippen LogP contribution in [0.5, 0.6) is 0 Å². The molecule has 176 valence electrons. The number of alkyl halides is 3. The number of hydrogen-bond donors (Lipinski definition) is 4. The Balaban J connectivity index is 1.63. The van der Waals surface area contributed by atoms with Crippen LogP contribution < -0.4 is 15.8 Å². The fourth-order valence-electron chi connectivity index (χ4n) is 4.81. The van der Waals surface area contributed by atoms with Gasteiger partial charge in [0.05, 0.1) is 5.56 Å². The zero-order chi connectivity index (χ0) is 22.9. The summed E-state index contributed by atoms with van der Waals surface area (Å²) in [5, 5.41) is 25.2. The number of aromatic amines is 1. The van der Waals surface area contributed by atoms with Crippen molar-refractivity contribution in [2.45, 2.75) is 67.6 Å². The first-order valence-electron chi connectivity index (χ1n) is 10.6. The summed E-state index contributed by atoms with van der Waals surface area (Å²) in [5.41, 5.74) is -1.06. The Bertz CT molecular complexity index is 1030. The van der Waals surface area contributed by atoms with Gasteiger partial charge in [0.25, 0.3) is 0 Å². The fourth-order valence-corrected chi connectivity index (χ4v) is 5.80. The second-order valence-electron chi connectivity index (χ2n) is 8.45. The van der Waals surface area contributed by atoms with Gasteiger partial charge >= 0.3 is 6.18 Å². The first kappa shape index (κ1) is 23.1. The number of nitrogens with two attached hydrogens (primary N) is 1. The molecule has 0 amide bonds. The monoisotopic (exact) mass is 473 g/mol. The lowest BCUT2D eigenvalue weighted by Gasteiger charge is -2.31. The zero-order valence-electron chi connectivity index (χ0n) is 17.3. The normalized spacial score (nSPS) is 24.7. The van der Waals surface area contributed by atoms with Gasteiger partial charge in [0.2, 0.25) is 10.0 Å². The van der Waals surface area contributed by atoms with Gasteiger partial charge in [0.1, 0.15) is 4.90 Å². The SMILES string of the molecule is NS(=O)(=O)c1c(C(F)(F)F)ccc(C2CCC(NCC3CCCN3)CC2)c1-c1nnn[nH]1. The van der Waals surface area contributed by atoms with E-state index in [4.69, 9.17) is 5.14 Å². The van der Waals surface area contributed by atoms with Crippen LogP contribution in [0.3, 0.4) is 0 Å². The molecule has 1 aromatic carbocycles. The van der Waals surface area contributed by atoms with Crippen LogP contribution in [0.4, 0.5) is 13.2 Å². The minimum Gasteiger partial charge on any atom is -0.313 e. The third-order valence-corrected chi connectivity index (χ3v) is 7.34. The number of halogens is 3. The summed E-state index contributed by atoms with van der Waals surface area (Å²) in [7, 11) is -4.72. The average molecular weight is 474 g/mol. The van der Waals surface area contributed by atoms with Crippen molar-refractivity contribution in [3.63, 3.8) is 0 Å². The van der Waals surface area contributed by atoms with E-state index in [1.165, 1.54) is 12.5 Å². The highest BCUT2D eigenvalue weighted by molar-refractivity contribution is 7.89. The van der Waals surface area contributed by atoms with Gasteiger partial charge in [-0.05, 0) is 73.0 Å². The number of H-pyrrole nitrogens is 1. The Hall–Kier alpha value is -2.09. The third-order valence-electron chi connectivity index (χ3n) is 6.34. The van der Waals surface area contributed by atoms with Crippen LogP contribution in [0.2, 0.25) is 0 Å². The minimum absolute atomic E-state index is 0.138. The molecule has 1 aromatic heterocycles. The van der Waals surface area contributed by atoms with Gasteiger partial charge in [-0.2, -0.15) is 13.2 Å². The van der Waals surface area contributed by atoms with E-state index < -0.39 is 26.7 Å². The number of nitrogens with one attached hydrogen (secondary N) is 3. The van der Waals surface area contributed by atoms with E-state index in [9.17, 15) is 21.6 Å². The third kappa shape index (κ3) is 4.95. The molecular weight excluding hydrogens is 447 g/mol. The number of primary sulfonamides is 1. The summed E-state index contributed by atoms with van der Waals surface area (Å²) in [6.07, 6.45) is 0.476. The molecule has 2 fully saturated rings. The molecule has 0 spiro atoms. The Morgan fingerprint density at radius 2 is 1.91 bits per heavy atom. The second-order valence-corrected chi connectivity index (χ2v) is 9.95. The molecule has 1 saturated heterocycles. The highest BCUT2D eigenvalue weighted by Gasteiger charge is 2.40. The molecule has 0 bridgehead atoms. The molecule has 1 aliphatic heterocycles. The number of hydrogen-bond acceptors (Lipinski definition) is 7. The molecule has 2 aliphatic rings. The summed E-state index contributed by atoms with van der Waals surface area (Å²) in [6, 6.07) is 2.91. The maximum Gasteiger partial charge on any atom is 0.417 e. The molecule has 1 atom stereocenters. The van der Waals surface area contributed by atoms with Crippen molar-refractivity contribution in [3.8, 4) is 11.4 Å². The number of nitrogens with zero attached hydrogens (tertiary/aromatic N) is 3. The van der Waals surface area contributed by atoms with Crippen LogP contribution in [0.1, 0.15) is 55.6 Å². The molecule has 1 saturated carbocycles. The van der Waals surface area contributed by atoms with Crippen molar-refractivity contribution in [1.29, 1.82) is 0 Å². The van der Waals surface area contributed by atoms with Gasteiger partial charge in [-0.15, -0.1) is 5.10 Å². The second kappa shape index (κ2) is 9.04. The van der Waals surface area contributed by atoms with E-state index in [1.54, 1.807) is 0 Å². The molecular formula is C19H26F3N7O2S. The molecule has 2 heterocycles. The molecule has 5 N–H and O–H groups in total. The summed E-state index contributed by atoms with van der Waals surface area (Å²) in [5.74, 6) is -0.289. The predicted octanol–water partition coefficient (Wildman–Crippen LogP) is 1.90. The average Bonchev–Trinajstić information content (AvgIpc) is 3.44. The topological polar surface area (TPSA) is 139 Å². The van der Waals surface area contributed by atoms with Gasteiger partial charge in [-0.25, -0.2) is 18.7 Å². The van der Waals surface area contributed by atoms with Gasteiger partial charge < -0.3 is 10.6 Å². The standard InChI is InChI=1S/C19H26F3N7O2S/c20-19(21,22)15-8-7-14(16(17(15)32(23,30)31)18-26-28-29-27-18)11-3-5-12(6-4-11)25-10-13-2-1-9-24-13/h7-8,11-13,24-25H,1-6,9-10H2,(H2,23,30,31)(H,26,27,28,29). The molecule has 13 heteroatoms. The molecule has 4 rings (SSSR count). The van der Waals surface area contributed by atoms with E-state index in [0.29, 0.717) is 30.5 Å². The quantitative estimate of drug-likeness (QED) is 0.503. The first-order valence-corrected chi connectivity index (χ1v) is 12.2. The van der Waals surface area contributed by atoms with Gasteiger partial charge in [-0.3, -0.25) is 0 Å². The predicted molar refractivity (Wildman–Crippen MR) is 110 cm³/mol. The van der Waals surface area contributed by atoms with Crippen molar-refractivity contribution >= 4 is 10.0 Å². The Morgan fingerprint density at radius 3 is 2.47 bits per heavy atom. The minimum atomic E-state index is -4.90. The first-order chi connectivity index (χ1) is 15.1. The lowest BCUT2D eigenvalue weighted by atomic mass is 9.79. The number of benzene rings is 1. The molecule has 2 aromatic rings. The van der Waals surface area contributed by atoms with Crippen LogP contribution in [0, 0.1) is 0 Å². The number of tetrazole rings is 1. The van der Waals surface area contributed by atoms with Crippen molar-refractivity contribution < 1.29 is 21.6 Å². The van der Waals surface area contributed by atoms with Crippen LogP contribution in [0.25, 0.3) is 11.4 Å². The van der Waals surface area contributed by atoms with E-state index in [-0.39, 0.29) is 17.3 Å². The lowest BCUT2D eigenvalue weighted by molar-refractivity contribution is -0.139. The maximum absolute atomic E-state index is 13.6. The van der Waals surface area contributed by atoms with Crippen LogP contribution in [-0.2, 0) is 16.2 Å². The van der Waals surface area contributed by atoms with Gasteiger partial charge in [0.15, 0.2) is 5.82 Å². The van der Waals surface area contributed by atoms with Crippen molar-refractivity contribution in [3.05, 3.63) is 23.3 Å². The van der Waals surface area contributed by atoms with E-state index in [2.05, 4.69) is 31.3 Å². The summed E-state index contributed by atoms with van der Waals surface area (Å²) in [6.45, 7) is 1.93. The zero-order valence-corrected chi connectivity index (χ0v) is 18.1. The van der Waals surface area contributed by atoms with Gasteiger partial charge in [0, 0.05) is 24.2 Å². The molecule has 1 aliphatic carbocycles.